The summed E-state index contributed by atoms with van der Waals surface area (Å²) in [5, 5.41) is 0. The van der Waals surface area contributed by atoms with E-state index in [0.717, 1.165) is 39.0 Å². The Morgan fingerprint density at radius 1 is 1.04 bits per heavy atom. The van der Waals surface area contributed by atoms with Crippen LogP contribution in [0.5, 0.6) is 0 Å². The second-order valence-electron chi connectivity index (χ2n) is 9.72. The first-order chi connectivity index (χ1) is 10.4. The van der Waals surface area contributed by atoms with Crippen LogP contribution in [-0.2, 0) is 9.53 Å². The quantitative estimate of drug-likeness (QED) is 0.650. The molecule has 1 aliphatic rings. The van der Waals surface area contributed by atoms with E-state index < -0.39 is 0 Å². The highest BCUT2D eigenvalue weighted by molar-refractivity contribution is 5.76. The van der Waals surface area contributed by atoms with E-state index in [-0.39, 0.29) is 5.91 Å². The third kappa shape index (κ3) is 6.82. The van der Waals surface area contributed by atoms with Gasteiger partial charge in [0.1, 0.15) is 0 Å². The summed E-state index contributed by atoms with van der Waals surface area (Å²) >= 11 is 0. The zero-order valence-electron chi connectivity index (χ0n) is 16.6. The Morgan fingerprint density at radius 2 is 1.61 bits per heavy atom. The molecular formula is C20H39NO2. The van der Waals surface area contributed by atoms with Crippen LogP contribution in [0.4, 0.5) is 0 Å². The maximum atomic E-state index is 12.3. The van der Waals surface area contributed by atoms with Crippen molar-refractivity contribution < 1.29 is 9.53 Å². The van der Waals surface area contributed by atoms with Gasteiger partial charge in [-0.15, -0.1) is 0 Å². The van der Waals surface area contributed by atoms with Gasteiger partial charge in [0.25, 0.3) is 0 Å². The molecule has 0 bridgehead atoms. The van der Waals surface area contributed by atoms with Crippen LogP contribution in [0.25, 0.3) is 0 Å². The molecule has 0 aromatic rings. The lowest BCUT2D eigenvalue weighted by molar-refractivity contribution is -0.135. The number of hydrogen-bond acceptors (Lipinski definition) is 2. The third-order valence-electron chi connectivity index (χ3n) is 5.71. The molecule has 0 aliphatic carbocycles. The minimum absolute atomic E-state index is 0.261. The van der Waals surface area contributed by atoms with Gasteiger partial charge in [-0.25, -0.2) is 0 Å². The number of carbonyl (C=O) groups excluding carboxylic acids is 1. The van der Waals surface area contributed by atoms with Crippen molar-refractivity contribution in [3.63, 3.8) is 0 Å². The maximum Gasteiger partial charge on any atom is 0.224 e. The number of piperidine rings is 1. The first kappa shape index (κ1) is 20.5. The van der Waals surface area contributed by atoms with E-state index in [9.17, 15) is 4.79 Å². The fourth-order valence-corrected chi connectivity index (χ4v) is 3.12. The van der Waals surface area contributed by atoms with Crippen molar-refractivity contribution in [2.75, 3.05) is 26.3 Å². The lowest BCUT2D eigenvalue weighted by Crippen LogP contribution is -2.47. The summed E-state index contributed by atoms with van der Waals surface area (Å²) in [6.45, 7) is 19.2. The van der Waals surface area contributed by atoms with Crippen LogP contribution >= 0.6 is 0 Å². The van der Waals surface area contributed by atoms with Gasteiger partial charge in [0.05, 0.1) is 13.0 Å². The Hall–Kier alpha value is -0.570. The Kier molecular flexibility index (Phi) is 7.12. The standard InChI is InChI=1S/C20H39NO2/c1-18(2,3)10-8-15-23-16-9-17(22)21-13-11-20(7,12-14-21)19(4,5)6/h8-16H2,1-7H3. The van der Waals surface area contributed by atoms with Crippen LogP contribution in [0.2, 0.25) is 0 Å². The number of ether oxygens (including phenoxy) is 1. The van der Waals surface area contributed by atoms with Crippen LogP contribution in [0.1, 0.15) is 80.6 Å². The van der Waals surface area contributed by atoms with Gasteiger partial charge in [0, 0.05) is 19.7 Å². The molecule has 0 aromatic heterocycles. The molecule has 0 radical (unpaired) electrons. The smallest absolute Gasteiger partial charge is 0.224 e. The molecule has 0 atom stereocenters. The largest absolute Gasteiger partial charge is 0.381 e. The molecule has 1 amide bonds. The summed E-state index contributed by atoms with van der Waals surface area (Å²) in [6, 6.07) is 0. The Morgan fingerprint density at radius 3 is 2.09 bits per heavy atom. The average Bonchev–Trinajstić information content (AvgIpc) is 2.41. The number of amides is 1. The van der Waals surface area contributed by atoms with Gasteiger partial charge >= 0.3 is 0 Å². The van der Waals surface area contributed by atoms with E-state index in [0.29, 0.717) is 29.3 Å². The molecule has 3 heteroatoms. The number of hydrogen-bond donors (Lipinski definition) is 0. The van der Waals surface area contributed by atoms with E-state index in [4.69, 9.17) is 4.74 Å². The van der Waals surface area contributed by atoms with E-state index in [1.54, 1.807) is 0 Å². The molecule has 3 nitrogen and oxygen atoms in total. The molecule has 0 spiro atoms. The molecule has 136 valence electrons. The van der Waals surface area contributed by atoms with Crippen LogP contribution in [0.3, 0.4) is 0 Å². The van der Waals surface area contributed by atoms with Crippen LogP contribution in [-0.4, -0.2) is 37.1 Å². The molecular weight excluding hydrogens is 286 g/mol. The third-order valence-corrected chi connectivity index (χ3v) is 5.71. The van der Waals surface area contributed by atoms with E-state index in [2.05, 4.69) is 48.5 Å². The van der Waals surface area contributed by atoms with E-state index in [1.807, 2.05) is 4.90 Å². The summed E-state index contributed by atoms with van der Waals surface area (Å²) in [5.74, 6) is 0.261. The summed E-state index contributed by atoms with van der Waals surface area (Å²) in [4.78, 5) is 14.3. The van der Waals surface area contributed by atoms with E-state index in [1.165, 1.54) is 6.42 Å². The minimum Gasteiger partial charge on any atom is -0.381 e. The molecule has 1 heterocycles. The highest BCUT2D eigenvalue weighted by atomic mass is 16.5. The van der Waals surface area contributed by atoms with Crippen molar-refractivity contribution in [3.8, 4) is 0 Å². The monoisotopic (exact) mass is 325 g/mol. The lowest BCUT2D eigenvalue weighted by Gasteiger charge is -2.47. The van der Waals surface area contributed by atoms with Gasteiger partial charge in [0.2, 0.25) is 5.91 Å². The Bertz CT molecular complexity index is 368. The zero-order valence-corrected chi connectivity index (χ0v) is 16.6. The summed E-state index contributed by atoms with van der Waals surface area (Å²) in [6.07, 6.45) is 4.98. The fourth-order valence-electron chi connectivity index (χ4n) is 3.12. The van der Waals surface area contributed by atoms with Crippen LogP contribution in [0, 0.1) is 16.2 Å². The van der Waals surface area contributed by atoms with Gasteiger partial charge in [-0.2, -0.15) is 0 Å². The number of nitrogens with zero attached hydrogens (tertiary/aromatic N) is 1. The molecule has 1 rings (SSSR count). The molecule has 23 heavy (non-hydrogen) atoms. The second-order valence-corrected chi connectivity index (χ2v) is 9.72. The van der Waals surface area contributed by atoms with Crippen molar-refractivity contribution >= 4 is 5.91 Å². The fraction of sp³-hybridized carbons (Fsp3) is 0.950. The molecule has 1 fully saturated rings. The molecule has 1 saturated heterocycles. The molecule has 0 N–H and O–H groups in total. The molecule has 0 aromatic carbocycles. The van der Waals surface area contributed by atoms with Gasteiger partial charge in [0.15, 0.2) is 0 Å². The summed E-state index contributed by atoms with van der Waals surface area (Å²) in [5.41, 5.74) is 1.01. The van der Waals surface area contributed by atoms with Crippen LogP contribution in [0.15, 0.2) is 0 Å². The first-order valence-electron chi connectivity index (χ1n) is 9.30. The zero-order chi connectivity index (χ0) is 17.7. The first-order valence-corrected chi connectivity index (χ1v) is 9.30. The predicted molar refractivity (Wildman–Crippen MR) is 97.5 cm³/mol. The van der Waals surface area contributed by atoms with E-state index >= 15 is 0 Å². The van der Waals surface area contributed by atoms with Gasteiger partial charge in [-0.1, -0.05) is 48.5 Å². The van der Waals surface area contributed by atoms with Crippen molar-refractivity contribution in [1.29, 1.82) is 0 Å². The number of rotatable bonds is 6. The topological polar surface area (TPSA) is 29.5 Å². The predicted octanol–water partition coefficient (Wildman–Crippen LogP) is 4.89. The average molecular weight is 326 g/mol. The second kappa shape index (κ2) is 8.00. The summed E-state index contributed by atoms with van der Waals surface area (Å²) in [7, 11) is 0. The van der Waals surface area contributed by atoms with Crippen molar-refractivity contribution in [2.45, 2.75) is 80.6 Å². The van der Waals surface area contributed by atoms with Crippen LogP contribution < -0.4 is 0 Å². The summed E-state index contributed by atoms with van der Waals surface area (Å²) < 4.78 is 5.64. The van der Waals surface area contributed by atoms with Gasteiger partial charge < -0.3 is 9.64 Å². The Labute approximate surface area is 144 Å². The lowest BCUT2D eigenvalue weighted by atomic mass is 9.63. The minimum atomic E-state index is 0.261. The van der Waals surface area contributed by atoms with Crippen molar-refractivity contribution in [3.05, 3.63) is 0 Å². The number of likely N-dealkylation sites (tertiary alicyclic amines) is 1. The maximum absolute atomic E-state index is 12.3. The SMILES string of the molecule is CC(C)(C)CCCOCCC(=O)N1CCC(C)(C(C)(C)C)CC1. The van der Waals surface area contributed by atoms with Crippen molar-refractivity contribution in [1.82, 2.24) is 4.90 Å². The Balaban J connectivity index is 2.20. The highest BCUT2D eigenvalue weighted by Crippen LogP contribution is 2.46. The highest BCUT2D eigenvalue weighted by Gasteiger charge is 2.40. The normalized spacial score (nSPS) is 19.0. The van der Waals surface area contributed by atoms with Gasteiger partial charge in [-0.05, 0) is 41.9 Å². The van der Waals surface area contributed by atoms with Gasteiger partial charge in [-0.3, -0.25) is 4.79 Å². The molecule has 0 unspecified atom stereocenters. The molecule has 0 saturated carbocycles. The number of carbonyl (C=O) groups is 1. The van der Waals surface area contributed by atoms with Crippen molar-refractivity contribution in [2.24, 2.45) is 16.2 Å². The molecule has 1 aliphatic heterocycles.